The third-order valence-electron chi connectivity index (χ3n) is 2.48. The molecule has 0 spiro atoms. The Balaban J connectivity index is 2.33. The molecular formula is C11H14N4O2. The lowest BCUT2D eigenvalue weighted by Gasteiger charge is -2.17. The zero-order valence-corrected chi connectivity index (χ0v) is 9.97. The highest BCUT2D eigenvalue weighted by molar-refractivity contribution is 5.50. The molecule has 0 unspecified atom stereocenters. The van der Waals surface area contributed by atoms with Crippen LogP contribution in [0.1, 0.15) is 19.7 Å². The van der Waals surface area contributed by atoms with Crippen LogP contribution < -0.4 is 5.73 Å². The van der Waals surface area contributed by atoms with Gasteiger partial charge in [0.25, 0.3) is 5.89 Å². The highest BCUT2D eigenvalue weighted by atomic mass is 16.5. The van der Waals surface area contributed by atoms with Crippen molar-refractivity contribution in [3.05, 3.63) is 24.2 Å². The van der Waals surface area contributed by atoms with Crippen molar-refractivity contribution in [3.8, 4) is 11.6 Å². The van der Waals surface area contributed by atoms with Crippen LogP contribution in [-0.4, -0.2) is 22.2 Å². The van der Waals surface area contributed by atoms with Crippen LogP contribution >= 0.6 is 0 Å². The lowest BCUT2D eigenvalue weighted by molar-refractivity contribution is 0.00973. The fraction of sp³-hybridized carbons (Fsp3) is 0.364. The number of pyridine rings is 1. The number of hydrogen-bond acceptors (Lipinski definition) is 6. The summed E-state index contributed by atoms with van der Waals surface area (Å²) in [5.41, 5.74) is 6.14. The van der Waals surface area contributed by atoms with E-state index in [9.17, 15) is 0 Å². The molecule has 6 nitrogen and oxygen atoms in total. The van der Waals surface area contributed by atoms with Gasteiger partial charge in [-0.3, -0.25) is 0 Å². The standard InChI is InChI=1S/C11H14N4O2/c1-11(2,16-3)10-14-9(17-15-10)8-5-4-7(12)6-13-8/h4-6H,12H2,1-3H3. The zero-order valence-electron chi connectivity index (χ0n) is 9.97. The largest absolute Gasteiger partial charge is 0.397 e. The van der Waals surface area contributed by atoms with Gasteiger partial charge in [0.1, 0.15) is 11.3 Å². The average Bonchev–Trinajstić information content (AvgIpc) is 2.80. The molecule has 0 bridgehead atoms. The minimum atomic E-state index is -0.588. The first kappa shape index (κ1) is 11.5. The predicted molar refractivity (Wildman–Crippen MR) is 62.0 cm³/mol. The van der Waals surface area contributed by atoms with Gasteiger partial charge in [-0.1, -0.05) is 5.16 Å². The second-order valence-corrected chi connectivity index (χ2v) is 4.11. The van der Waals surface area contributed by atoms with Gasteiger partial charge in [0.2, 0.25) is 5.82 Å². The molecule has 2 aromatic heterocycles. The molecule has 0 saturated carbocycles. The molecule has 90 valence electrons. The molecule has 0 saturated heterocycles. The second-order valence-electron chi connectivity index (χ2n) is 4.11. The topological polar surface area (TPSA) is 87.1 Å². The smallest absolute Gasteiger partial charge is 0.276 e. The molecule has 0 aromatic carbocycles. The molecule has 0 aliphatic carbocycles. The number of hydrogen-bond donors (Lipinski definition) is 1. The van der Waals surface area contributed by atoms with Crippen molar-refractivity contribution in [3.63, 3.8) is 0 Å². The molecule has 0 amide bonds. The molecule has 2 heterocycles. The lowest BCUT2D eigenvalue weighted by Crippen LogP contribution is -2.21. The number of nitrogen functional groups attached to an aromatic ring is 1. The molecule has 0 aliphatic heterocycles. The van der Waals surface area contributed by atoms with E-state index in [1.165, 1.54) is 0 Å². The first-order valence-electron chi connectivity index (χ1n) is 5.14. The van der Waals surface area contributed by atoms with E-state index in [2.05, 4.69) is 15.1 Å². The van der Waals surface area contributed by atoms with Gasteiger partial charge >= 0.3 is 0 Å². The summed E-state index contributed by atoms with van der Waals surface area (Å²) in [5, 5.41) is 3.88. The van der Waals surface area contributed by atoms with E-state index in [1.807, 2.05) is 13.8 Å². The van der Waals surface area contributed by atoms with Gasteiger partial charge in [-0.05, 0) is 26.0 Å². The van der Waals surface area contributed by atoms with Gasteiger partial charge in [0, 0.05) is 7.11 Å². The SMILES string of the molecule is COC(C)(C)c1noc(-c2ccc(N)cn2)n1. The molecule has 6 heteroatoms. The van der Waals surface area contributed by atoms with Gasteiger partial charge in [0.15, 0.2) is 0 Å². The summed E-state index contributed by atoms with van der Waals surface area (Å²) in [7, 11) is 1.59. The summed E-state index contributed by atoms with van der Waals surface area (Å²) in [4.78, 5) is 8.35. The van der Waals surface area contributed by atoms with Crippen molar-refractivity contribution < 1.29 is 9.26 Å². The summed E-state index contributed by atoms with van der Waals surface area (Å²) in [6.45, 7) is 3.72. The maximum Gasteiger partial charge on any atom is 0.276 e. The molecule has 0 aliphatic rings. The number of rotatable bonds is 3. The number of anilines is 1. The van der Waals surface area contributed by atoms with Crippen molar-refractivity contribution in [1.82, 2.24) is 15.1 Å². The summed E-state index contributed by atoms with van der Waals surface area (Å²) < 4.78 is 10.4. The second kappa shape index (κ2) is 4.14. The first-order valence-corrected chi connectivity index (χ1v) is 5.14. The van der Waals surface area contributed by atoms with Crippen LogP contribution in [0.3, 0.4) is 0 Å². The maximum atomic E-state index is 5.55. The number of methoxy groups -OCH3 is 1. The van der Waals surface area contributed by atoms with Crippen LogP contribution in [0.5, 0.6) is 0 Å². The highest BCUT2D eigenvalue weighted by Crippen LogP contribution is 2.23. The summed E-state index contributed by atoms with van der Waals surface area (Å²) >= 11 is 0. The summed E-state index contributed by atoms with van der Waals surface area (Å²) in [6, 6.07) is 3.46. The van der Waals surface area contributed by atoms with Crippen LogP contribution in [0.4, 0.5) is 5.69 Å². The normalized spacial score (nSPS) is 11.7. The Morgan fingerprint density at radius 2 is 2.12 bits per heavy atom. The van der Waals surface area contributed by atoms with E-state index in [0.29, 0.717) is 23.1 Å². The average molecular weight is 234 g/mol. The Morgan fingerprint density at radius 3 is 2.71 bits per heavy atom. The van der Waals surface area contributed by atoms with E-state index in [1.54, 1.807) is 25.4 Å². The zero-order chi connectivity index (χ0) is 12.5. The third kappa shape index (κ3) is 2.26. The Labute approximate surface area is 98.8 Å². The van der Waals surface area contributed by atoms with E-state index in [0.717, 1.165) is 0 Å². The van der Waals surface area contributed by atoms with Gasteiger partial charge in [-0.15, -0.1) is 0 Å². The van der Waals surface area contributed by atoms with Crippen molar-refractivity contribution in [2.45, 2.75) is 19.4 Å². The lowest BCUT2D eigenvalue weighted by atomic mass is 10.1. The molecule has 0 radical (unpaired) electrons. The molecule has 2 rings (SSSR count). The Bertz CT molecular complexity index is 504. The fourth-order valence-electron chi connectivity index (χ4n) is 1.20. The van der Waals surface area contributed by atoms with E-state index in [4.69, 9.17) is 15.0 Å². The number of aromatic nitrogens is 3. The number of nitrogens with zero attached hydrogens (tertiary/aromatic N) is 3. The first-order chi connectivity index (χ1) is 8.03. The van der Waals surface area contributed by atoms with Crippen LogP contribution in [0.25, 0.3) is 11.6 Å². The number of nitrogens with two attached hydrogens (primary N) is 1. The summed E-state index contributed by atoms with van der Waals surface area (Å²) in [6.07, 6.45) is 1.54. The van der Waals surface area contributed by atoms with E-state index < -0.39 is 5.60 Å². The van der Waals surface area contributed by atoms with Crippen LogP contribution in [0.2, 0.25) is 0 Å². The van der Waals surface area contributed by atoms with Crippen LogP contribution in [0.15, 0.2) is 22.9 Å². The van der Waals surface area contributed by atoms with Crippen molar-refractivity contribution in [2.24, 2.45) is 0 Å². The van der Waals surface area contributed by atoms with Crippen LogP contribution in [0, 0.1) is 0 Å². The maximum absolute atomic E-state index is 5.55. The quantitative estimate of drug-likeness (QED) is 0.867. The number of ether oxygens (including phenoxy) is 1. The van der Waals surface area contributed by atoms with Crippen molar-refractivity contribution in [1.29, 1.82) is 0 Å². The van der Waals surface area contributed by atoms with Gasteiger partial charge in [-0.2, -0.15) is 4.98 Å². The van der Waals surface area contributed by atoms with E-state index >= 15 is 0 Å². The molecule has 17 heavy (non-hydrogen) atoms. The summed E-state index contributed by atoms with van der Waals surface area (Å²) in [5.74, 6) is 0.832. The van der Waals surface area contributed by atoms with Gasteiger partial charge in [0.05, 0.1) is 11.9 Å². The molecule has 0 fully saturated rings. The monoisotopic (exact) mass is 234 g/mol. The highest BCUT2D eigenvalue weighted by Gasteiger charge is 2.26. The van der Waals surface area contributed by atoms with Crippen LogP contribution in [-0.2, 0) is 10.3 Å². The van der Waals surface area contributed by atoms with Gasteiger partial charge in [-0.25, -0.2) is 4.98 Å². The Kier molecular flexibility index (Phi) is 2.81. The molecule has 2 N–H and O–H groups in total. The third-order valence-corrected chi connectivity index (χ3v) is 2.48. The molecular weight excluding hydrogens is 220 g/mol. The van der Waals surface area contributed by atoms with E-state index in [-0.39, 0.29) is 0 Å². The molecule has 2 aromatic rings. The Morgan fingerprint density at radius 1 is 1.35 bits per heavy atom. The molecule has 0 atom stereocenters. The fourth-order valence-corrected chi connectivity index (χ4v) is 1.20. The minimum absolute atomic E-state index is 0.352. The van der Waals surface area contributed by atoms with Gasteiger partial charge < -0.3 is 15.0 Å². The van der Waals surface area contributed by atoms with Crippen molar-refractivity contribution in [2.75, 3.05) is 12.8 Å². The van der Waals surface area contributed by atoms with Crippen molar-refractivity contribution >= 4 is 5.69 Å². The Hall–Kier alpha value is -1.95. The predicted octanol–water partition coefficient (Wildman–Crippen LogP) is 1.60. The minimum Gasteiger partial charge on any atom is -0.397 e.